The van der Waals surface area contributed by atoms with Crippen LogP contribution in [0.25, 0.3) is 0 Å². The molecule has 136 valence electrons. The fourth-order valence-electron chi connectivity index (χ4n) is 3.08. The summed E-state index contributed by atoms with van der Waals surface area (Å²) in [6.45, 7) is 6.15. The highest BCUT2D eigenvalue weighted by Crippen LogP contribution is 2.34. The Morgan fingerprint density at radius 1 is 1.23 bits per heavy atom. The van der Waals surface area contributed by atoms with Crippen molar-refractivity contribution in [2.45, 2.75) is 31.7 Å². The summed E-state index contributed by atoms with van der Waals surface area (Å²) in [7, 11) is 0. The molecule has 3 atom stereocenters. The molecule has 0 radical (unpaired) electrons. The largest absolute Gasteiger partial charge is 0.384 e. The number of rotatable bonds is 5. The van der Waals surface area contributed by atoms with E-state index in [9.17, 15) is 9.90 Å². The van der Waals surface area contributed by atoms with Crippen LogP contribution < -0.4 is 5.32 Å². The maximum Gasteiger partial charge on any atom is 0.324 e. The Morgan fingerprint density at radius 3 is 2.46 bits per heavy atom. The minimum atomic E-state index is -0.935. The second kappa shape index (κ2) is 8.17. The zero-order valence-electron chi connectivity index (χ0n) is 14.8. The van der Waals surface area contributed by atoms with Gasteiger partial charge in [0.1, 0.15) is 6.10 Å². The van der Waals surface area contributed by atoms with Gasteiger partial charge in [0.15, 0.2) is 6.23 Å². The lowest BCUT2D eigenvalue weighted by atomic mass is 10.0. The Hall–Kier alpha value is -2.63. The molecule has 1 heterocycles. The first-order valence-corrected chi connectivity index (χ1v) is 8.78. The standard InChI is InChI=1S/C21H24N2O3/c1-3-15(2)19(24)20-23(21(25)22-17-12-8-5-9-13-17)18(14-26-20)16-10-6-4-7-11-16/h4-13,18-20,24H,2-3,14H2,1H3,(H,22,25)/t18-,19?,20+/m1/s1. The van der Waals surface area contributed by atoms with Gasteiger partial charge in [0.05, 0.1) is 12.6 Å². The van der Waals surface area contributed by atoms with Gasteiger partial charge in [-0.25, -0.2) is 4.79 Å². The van der Waals surface area contributed by atoms with E-state index in [1.54, 1.807) is 4.90 Å². The van der Waals surface area contributed by atoms with E-state index in [1.807, 2.05) is 67.6 Å². The van der Waals surface area contributed by atoms with E-state index in [-0.39, 0.29) is 12.1 Å². The van der Waals surface area contributed by atoms with Crippen LogP contribution in [0.15, 0.2) is 72.8 Å². The van der Waals surface area contributed by atoms with Gasteiger partial charge in [-0.15, -0.1) is 0 Å². The number of aliphatic hydroxyl groups excluding tert-OH is 1. The lowest BCUT2D eigenvalue weighted by Gasteiger charge is -2.31. The molecule has 5 nitrogen and oxygen atoms in total. The van der Waals surface area contributed by atoms with E-state index >= 15 is 0 Å². The number of hydrogen-bond acceptors (Lipinski definition) is 3. The molecular weight excluding hydrogens is 328 g/mol. The SMILES string of the molecule is C=C(CC)C(O)[C@@H]1OC[C@H](c2ccccc2)N1C(=O)Nc1ccccc1. The van der Waals surface area contributed by atoms with Gasteiger partial charge in [0, 0.05) is 5.69 Å². The van der Waals surface area contributed by atoms with Crippen molar-refractivity contribution in [3.63, 3.8) is 0 Å². The van der Waals surface area contributed by atoms with E-state index in [2.05, 4.69) is 11.9 Å². The predicted molar refractivity (Wildman–Crippen MR) is 102 cm³/mol. The van der Waals surface area contributed by atoms with Gasteiger partial charge < -0.3 is 15.2 Å². The number of amides is 2. The number of hydrogen-bond donors (Lipinski definition) is 2. The summed E-state index contributed by atoms with van der Waals surface area (Å²) in [5, 5.41) is 13.5. The zero-order valence-corrected chi connectivity index (χ0v) is 14.8. The molecule has 0 aromatic heterocycles. The van der Waals surface area contributed by atoms with E-state index in [1.165, 1.54) is 0 Å². The summed E-state index contributed by atoms with van der Waals surface area (Å²) < 4.78 is 5.83. The molecular formula is C21H24N2O3. The first-order chi connectivity index (χ1) is 12.6. The van der Waals surface area contributed by atoms with Gasteiger partial charge in [0.25, 0.3) is 0 Å². The monoisotopic (exact) mass is 352 g/mol. The molecule has 5 heteroatoms. The van der Waals surface area contributed by atoms with Crippen LogP contribution in [0, 0.1) is 0 Å². The summed E-state index contributed by atoms with van der Waals surface area (Å²) in [6.07, 6.45) is -1.09. The number of carbonyl (C=O) groups is 1. The van der Waals surface area contributed by atoms with Gasteiger partial charge in [-0.05, 0) is 29.7 Å². The number of nitrogens with one attached hydrogen (secondary N) is 1. The number of nitrogens with zero attached hydrogens (tertiary/aromatic N) is 1. The van der Waals surface area contributed by atoms with Gasteiger partial charge >= 0.3 is 6.03 Å². The lowest BCUT2D eigenvalue weighted by Crippen LogP contribution is -2.47. The normalized spacial score (nSPS) is 20.6. The van der Waals surface area contributed by atoms with Crippen molar-refractivity contribution in [2.75, 3.05) is 11.9 Å². The third-order valence-electron chi connectivity index (χ3n) is 4.62. The summed E-state index contributed by atoms with van der Waals surface area (Å²) in [6, 6.07) is 18.4. The second-order valence-electron chi connectivity index (χ2n) is 6.31. The Bertz CT molecular complexity index is 748. The molecule has 2 N–H and O–H groups in total. The topological polar surface area (TPSA) is 61.8 Å². The van der Waals surface area contributed by atoms with Crippen LogP contribution in [0.5, 0.6) is 0 Å². The maximum atomic E-state index is 13.0. The van der Waals surface area contributed by atoms with Crippen molar-refractivity contribution < 1.29 is 14.6 Å². The summed E-state index contributed by atoms with van der Waals surface area (Å²) >= 11 is 0. The third-order valence-corrected chi connectivity index (χ3v) is 4.62. The average Bonchev–Trinajstić information content (AvgIpc) is 3.13. The molecule has 2 aromatic carbocycles. The minimum absolute atomic E-state index is 0.274. The Labute approximate surface area is 153 Å². The first kappa shape index (κ1) is 18.2. The van der Waals surface area contributed by atoms with Gasteiger partial charge in [-0.2, -0.15) is 0 Å². The van der Waals surface area contributed by atoms with Gasteiger partial charge in [-0.3, -0.25) is 4.90 Å². The summed E-state index contributed by atoms with van der Waals surface area (Å²) in [5.74, 6) is 0. The molecule has 0 spiro atoms. The number of aliphatic hydroxyl groups is 1. The first-order valence-electron chi connectivity index (χ1n) is 8.78. The molecule has 2 aromatic rings. The molecule has 1 saturated heterocycles. The second-order valence-corrected chi connectivity index (χ2v) is 6.31. The molecule has 2 amide bonds. The highest BCUT2D eigenvalue weighted by Gasteiger charge is 2.43. The van der Waals surface area contributed by atoms with Crippen LogP contribution in [0.4, 0.5) is 10.5 Å². The highest BCUT2D eigenvalue weighted by molar-refractivity contribution is 5.90. The Balaban J connectivity index is 1.88. The van der Waals surface area contributed by atoms with E-state index < -0.39 is 12.3 Å². The van der Waals surface area contributed by atoms with Crippen molar-refractivity contribution in [1.82, 2.24) is 4.90 Å². The molecule has 1 aliphatic rings. The highest BCUT2D eigenvalue weighted by atomic mass is 16.5. The van der Waals surface area contributed by atoms with Gasteiger partial charge in [-0.1, -0.05) is 62.0 Å². The van der Waals surface area contributed by atoms with E-state index in [4.69, 9.17) is 4.74 Å². The smallest absolute Gasteiger partial charge is 0.324 e. The molecule has 1 unspecified atom stereocenters. The molecule has 3 rings (SSSR count). The molecule has 0 aliphatic carbocycles. The quantitative estimate of drug-likeness (QED) is 0.801. The van der Waals surface area contributed by atoms with Gasteiger partial charge in [0.2, 0.25) is 0 Å². The van der Waals surface area contributed by atoms with Crippen LogP contribution in [0.3, 0.4) is 0 Å². The molecule has 0 saturated carbocycles. The minimum Gasteiger partial charge on any atom is -0.384 e. The van der Waals surface area contributed by atoms with Crippen molar-refractivity contribution in [2.24, 2.45) is 0 Å². The number of ether oxygens (including phenoxy) is 1. The molecule has 26 heavy (non-hydrogen) atoms. The number of carbonyl (C=O) groups excluding carboxylic acids is 1. The van der Waals surface area contributed by atoms with Crippen molar-refractivity contribution in [3.05, 3.63) is 78.4 Å². The zero-order chi connectivity index (χ0) is 18.5. The Morgan fingerprint density at radius 2 is 1.85 bits per heavy atom. The number of urea groups is 1. The van der Waals surface area contributed by atoms with Crippen LogP contribution in [-0.2, 0) is 4.74 Å². The van der Waals surface area contributed by atoms with E-state index in [0.29, 0.717) is 24.3 Å². The van der Waals surface area contributed by atoms with Crippen LogP contribution in [0.1, 0.15) is 24.9 Å². The third kappa shape index (κ3) is 3.79. The molecule has 1 fully saturated rings. The summed E-state index contributed by atoms with van der Waals surface area (Å²) in [5.41, 5.74) is 2.30. The fourth-order valence-corrected chi connectivity index (χ4v) is 3.08. The summed E-state index contributed by atoms with van der Waals surface area (Å²) in [4.78, 5) is 14.6. The maximum absolute atomic E-state index is 13.0. The predicted octanol–water partition coefficient (Wildman–Crippen LogP) is 3.95. The number of para-hydroxylation sites is 1. The van der Waals surface area contributed by atoms with Crippen LogP contribution >= 0.6 is 0 Å². The van der Waals surface area contributed by atoms with Crippen molar-refractivity contribution >= 4 is 11.7 Å². The Kier molecular flexibility index (Phi) is 5.71. The van der Waals surface area contributed by atoms with Crippen LogP contribution in [-0.4, -0.2) is 35.0 Å². The molecule has 1 aliphatic heterocycles. The van der Waals surface area contributed by atoms with Crippen LogP contribution in [0.2, 0.25) is 0 Å². The number of anilines is 1. The van der Waals surface area contributed by atoms with Crippen molar-refractivity contribution in [3.8, 4) is 0 Å². The molecule has 0 bridgehead atoms. The average molecular weight is 352 g/mol. The van der Waals surface area contributed by atoms with Crippen molar-refractivity contribution in [1.29, 1.82) is 0 Å². The fraction of sp³-hybridized carbons (Fsp3) is 0.286. The van der Waals surface area contributed by atoms with E-state index in [0.717, 1.165) is 5.56 Å². The lowest BCUT2D eigenvalue weighted by molar-refractivity contribution is -0.0325. The number of benzene rings is 2.